The molecule has 12 heavy (non-hydrogen) atoms. The molecule has 1 rings (SSSR count). The number of Topliss-reactive ketones (excluding diaryl/α,β-unsaturated/α-hetero) is 1. The number of aliphatic carboxylic acids is 1. The molecule has 64 valence electrons. The third-order valence-corrected chi connectivity index (χ3v) is 0.868. The van der Waals surface area contributed by atoms with Gasteiger partial charge in [-0.2, -0.15) is 0 Å². The van der Waals surface area contributed by atoms with E-state index in [-0.39, 0.29) is 0 Å². The van der Waals surface area contributed by atoms with Crippen LogP contribution in [-0.2, 0) is 9.59 Å². The van der Waals surface area contributed by atoms with Crippen LogP contribution in [0.5, 0.6) is 0 Å². The van der Waals surface area contributed by atoms with E-state index in [0.29, 0.717) is 0 Å². The van der Waals surface area contributed by atoms with E-state index in [2.05, 4.69) is 4.98 Å². The number of nitrogens with zero attached hydrogens (tertiary/aromatic N) is 1. The summed E-state index contributed by atoms with van der Waals surface area (Å²) in [6.07, 6.45) is 3.50. The number of carbonyl (C=O) groups excluding carboxylic acids is 1. The Balaban J connectivity index is 0.000000202. The molecule has 0 amide bonds. The van der Waals surface area contributed by atoms with Crippen molar-refractivity contribution >= 4 is 11.8 Å². The lowest BCUT2D eigenvalue weighted by Crippen LogP contribution is -2.05. The number of hydrogen-bond donors (Lipinski definition) is 1. The average Bonchev–Trinajstić information content (AvgIpc) is 2.08. The van der Waals surface area contributed by atoms with Crippen molar-refractivity contribution in [1.82, 2.24) is 4.98 Å². The average molecular weight is 167 g/mol. The van der Waals surface area contributed by atoms with Gasteiger partial charge in [-0.05, 0) is 12.1 Å². The second-order valence-corrected chi connectivity index (χ2v) is 1.89. The largest absolute Gasteiger partial charge is 0.476 e. The van der Waals surface area contributed by atoms with Gasteiger partial charge >= 0.3 is 5.97 Å². The topological polar surface area (TPSA) is 67.3 Å². The number of rotatable bonds is 1. The van der Waals surface area contributed by atoms with Crippen LogP contribution in [0.1, 0.15) is 6.92 Å². The Hall–Kier alpha value is -1.71. The lowest BCUT2D eigenvalue weighted by Gasteiger charge is -1.73. The van der Waals surface area contributed by atoms with Crippen molar-refractivity contribution < 1.29 is 14.7 Å². The maximum absolute atomic E-state index is 9.54. The van der Waals surface area contributed by atoms with Crippen LogP contribution in [0.25, 0.3) is 0 Å². The zero-order chi connectivity index (χ0) is 9.40. The van der Waals surface area contributed by atoms with Crippen LogP contribution in [-0.4, -0.2) is 21.8 Å². The second kappa shape index (κ2) is 6.03. The fraction of sp³-hybridized carbons (Fsp3) is 0.125. The summed E-state index contributed by atoms with van der Waals surface area (Å²) >= 11 is 0. The minimum atomic E-state index is -1.38. The van der Waals surface area contributed by atoms with Crippen molar-refractivity contribution in [1.29, 1.82) is 0 Å². The van der Waals surface area contributed by atoms with Crippen LogP contribution in [0.15, 0.2) is 30.6 Å². The molecule has 0 saturated carbocycles. The van der Waals surface area contributed by atoms with Crippen LogP contribution in [0.3, 0.4) is 0 Å². The van der Waals surface area contributed by atoms with Crippen LogP contribution >= 0.6 is 0 Å². The highest BCUT2D eigenvalue weighted by Crippen LogP contribution is 1.73. The molecule has 4 nitrogen and oxygen atoms in total. The first-order valence-corrected chi connectivity index (χ1v) is 3.23. The van der Waals surface area contributed by atoms with E-state index in [4.69, 9.17) is 5.11 Å². The predicted molar refractivity (Wildman–Crippen MR) is 42.6 cm³/mol. The number of pyridine rings is 1. The molecular weight excluding hydrogens is 158 g/mol. The summed E-state index contributed by atoms with van der Waals surface area (Å²) in [5, 5.41) is 7.64. The highest BCUT2D eigenvalue weighted by Gasteiger charge is 1.98. The molecule has 0 aliphatic carbocycles. The SMILES string of the molecule is CC(=O)C(=O)O.c1ccncc1. The lowest BCUT2D eigenvalue weighted by molar-refractivity contribution is -0.148. The number of carboxylic acid groups (broad SMARTS) is 1. The summed E-state index contributed by atoms with van der Waals surface area (Å²) in [5.41, 5.74) is 0. The van der Waals surface area contributed by atoms with Gasteiger partial charge in [0.05, 0.1) is 0 Å². The van der Waals surface area contributed by atoms with Crippen molar-refractivity contribution in [3.63, 3.8) is 0 Å². The zero-order valence-corrected chi connectivity index (χ0v) is 6.60. The van der Waals surface area contributed by atoms with E-state index < -0.39 is 11.8 Å². The standard InChI is InChI=1S/C5H5N.C3H4O3/c1-2-4-6-5-3-1;1-2(4)3(5)6/h1-5H;1H3,(H,5,6). The van der Waals surface area contributed by atoms with Gasteiger partial charge in [-0.1, -0.05) is 6.07 Å². The molecule has 0 unspecified atom stereocenters. The Morgan fingerprint density at radius 3 is 1.67 bits per heavy atom. The zero-order valence-electron chi connectivity index (χ0n) is 6.60. The van der Waals surface area contributed by atoms with Crippen LogP contribution in [0, 0.1) is 0 Å². The Morgan fingerprint density at radius 1 is 1.17 bits per heavy atom. The predicted octanol–water partition coefficient (Wildman–Crippen LogP) is 0.742. The minimum Gasteiger partial charge on any atom is -0.476 e. The smallest absolute Gasteiger partial charge is 0.371 e. The Kier molecular flexibility index (Phi) is 5.17. The second-order valence-electron chi connectivity index (χ2n) is 1.89. The molecule has 1 heterocycles. The summed E-state index contributed by atoms with van der Waals surface area (Å²) in [6, 6.07) is 5.72. The molecular formula is C8H9NO3. The van der Waals surface area contributed by atoms with Gasteiger partial charge in [0.25, 0.3) is 0 Å². The molecule has 1 N–H and O–H groups in total. The first-order chi connectivity index (χ1) is 5.64. The fourth-order valence-corrected chi connectivity index (χ4v) is 0.313. The summed E-state index contributed by atoms with van der Waals surface area (Å²) in [4.78, 5) is 22.7. The van der Waals surface area contributed by atoms with Gasteiger partial charge in [0.1, 0.15) is 0 Å². The molecule has 0 bridgehead atoms. The van der Waals surface area contributed by atoms with Crippen molar-refractivity contribution in [2.24, 2.45) is 0 Å². The third-order valence-electron chi connectivity index (χ3n) is 0.868. The number of hydrogen-bond acceptors (Lipinski definition) is 3. The Labute approximate surface area is 69.9 Å². The lowest BCUT2D eigenvalue weighted by atomic mass is 10.5. The van der Waals surface area contributed by atoms with Crippen LogP contribution < -0.4 is 0 Å². The summed E-state index contributed by atoms with van der Waals surface area (Å²) in [5.74, 6) is -2.20. The molecule has 0 radical (unpaired) electrons. The monoisotopic (exact) mass is 167 g/mol. The molecule has 0 fully saturated rings. The van der Waals surface area contributed by atoms with E-state index in [0.717, 1.165) is 6.92 Å². The molecule has 0 saturated heterocycles. The van der Waals surface area contributed by atoms with Gasteiger partial charge < -0.3 is 5.11 Å². The fourth-order valence-electron chi connectivity index (χ4n) is 0.313. The molecule has 0 aliphatic rings. The Morgan fingerprint density at radius 2 is 1.58 bits per heavy atom. The van der Waals surface area contributed by atoms with Crippen molar-refractivity contribution in [2.45, 2.75) is 6.92 Å². The van der Waals surface area contributed by atoms with Crippen molar-refractivity contribution in [3.8, 4) is 0 Å². The van der Waals surface area contributed by atoms with Gasteiger partial charge in [0.2, 0.25) is 5.78 Å². The highest BCUT2D eigenvalue weighted by molar-refractivity contribution is 6.31. The van der Waals surface area contributed by atoms with Gasteiger partial charge in [0.15, 0.2) is 0 Å². The normalized spacial score (nSPS) is 7.75. The van der Waals surface area contributed by atoms with Gasteiger partial charge in [-0.3, -0.25) is 9.78 Å². The number of carbonyl (C=O) groups is 2. The number of aromatic nitrogens is 1. The third kappa shape index (κ3) is 6.41. The quantitative estimate of drug-likeness (QED) is 0.626. The first kappa shape index (κ1) is 10.3. The molecule has 1 aromatic rings. The van der Waals surface area contributed by atoms with Crippen LogP contribution in [0.4, 0.5) is 0 Å². The van der Waals surface area contributed by atoms with Crippen LogP contribution in [0.2, 0.25) is 0 Å². The molecule has 1 aromatic heterocycles. The highest BCUT2D eigenvalue weighted by atomic mass is 16.4. The van der Waals surface area contributed by atoms with E-state index in [1.807, 2.05) is 18.2 Å². The summed E-state index contributed by atoms with van der Waals surface area (Å²) in [7, 11) is 0. The van der Waals surface area contributed by atoms with E-state index in [1.165, 1.54) is 0 Å². The van der Waals surface area contributed by atoms with E-state index in [9.17, 15) is 9.59 Å². The maximum atomic E-state index is 9.54. The maximum Gasteiger partial charge on any atom is 0.371 e. The molecule has 0 aliphatic heterocycles. The van der Waals surface area contributed by atoms with Gasteiger partial charge in [-0.15, -0.1) is 0 Å². The van der Waals surface area contributed by atoms with E-state index >= 15 is 0 Å². The molecule has 0 aromatic carbocycles. The summed E-state index contributed by atoms with van der Waals surface area (Å²) in [6.45, 7) is 1.00. The molecule has 0 spiro atoms. The first-order valence-electron chi connectivity index (χ1n) is 3.23. The van der Waals surface area contributed by atoms with Crippen molar-refractivity contribution in [2.75, 3.05) is 0 Å². The van der Waals surface area contributed by atoms with Gasteiger partial charge in [0, 0.05) is 19.3 Å². The number of carboxylic acids is 1. The molecule has 0 atom stereocenters. The molecule has 4 heteroatoms. The van der Waals surface area contributed by atoms with E-state index in [1.54, 1.807) is 12.4 Å². The Bertz CT molecular complexity index is 207. The van der Waals surface area contributed by atoms with Crippen molar-refractivity contribution in [3.05, 3.63) is 30.6 Å². The minimum absolute atomic E-state index is 0.824. The summed E-state index contributed by atoms with van der Waals surface area (Å²) < 4.78 is 0. The number of ketones is 1. The van der Waals surface area contributed by atoms with Gasteiger partial charge in [-0.25, -0.2) is 4.79 Å².